The monoisotopic (exact) mass is 356 g/mol. The Morgan fingerprint density at radius 1 is 1.08 bits per heavy atom. The van der Waals surface area contributed by atoms with Crippen LogP contribution in [0.5, 0.6) is 17.2 Å². The van der Waals surface area contributed by atoms with Crippen LogP contribution in [0.4, 0.5) is 5.69 Å². The average molecular weight is 356 g/mol. The zero-order valence-corrected chi connectivity index (χ0v) is 14.9. The van der Waals surface area contributed by atoms with Crippen molar-refractivity contribution in [1.29, 1.82) is 0 Å². The number of methoxy groups -OCH3 is 1. The summed E-state index contributed by atoms with van der Waals surface area (Å²) in [4.78, 5) is 12.0. The summed E-state index contributed by atoms with van der Waals surface area (Å²) in [6.45, 7) is 2.28. The number of anilines is 1. The van der Waals surface area contributed by atoms with Gasteiger partial charge in [-0.1, -0.05) is 18.2 Å². The summed E-state index contributed by atoms with van der Waals surface area (Å²) in [5.74, 6) is 2.37. The molecular formula is C20H24N2O4. The Balaban J connectivity index is 1.38. The van der Waals surface area contributed by atoms with E-state index in [0.717, 1.165) is 34.9 Å². The van der Waals surface area contributed by atoms with Gasteiger partial charge >= 0.3 is 0 Å². The van der Waals surface area contributed by atoms with Crippen LogP contribution >= 0.6 is 0 Å². The zero-order valence-electron chi connectivity index (χ0n) is 14.9. The van der Waals surface area contributed by atoms with E-state index in [-0.39, 0.29) is 5.91 Å². The van der Waals surface area contributed by atoms with Gasteiger partial charge in [0.1, 0.15) is 19.0 Å². The van der Waals surface area contributed by atoms with Crippen molar-refractivity contribution in [3.8, 4) is 17.2 Å². The molecule has 6 heteroatoms. The number of para-hydroxylation sites is 1. The number of rotatable bonds is 8. The van der Waals surface area contributed by atoms with Gasteiger partial charge < -0.3 is 24.8 Å². The highest BCUT2D eigenvalue weighted by atomic mass is 16.6. The van der Waals surface area contributed by atoms with Crippen LogP contribution in [-0.4, -0.2) is 39.3 Å². The van der Waals surface area contributed by atoms with Crippen LogP contribution < -0.4 is 24.8 Å². The second-order valence-corrected chi connectivity index (χ2v) is 5.95. The molecule has 2 aromatic carbocycles. The molecule has 2 aromatic rings. The number of carbonyl (C=O) groups is 1. The van der Waals surface area contributed by atoms with Gasteiger partial charge in [0.25, 0.3) is 0 Å². The molecule has 0 aromatic heterocycles. The largest absolute Gasteiger partial charge is 0.496 e. The number of benzene rings is 2. The third kappa shape index (κ3) is 4.81. The predicted molar refractivity (Wildman–Crippen MR) is 100 cm³/mol. The lowest BCUT2D eigenvalue weighted by Crippen LogP contribution is -2.27. The van der Waals surface area contributed by atoms with E-state index in [1.54, 1.807) is 7.11 Å². The van der Waals surface area contributed by atoms with Crippen molar-refractivity contribution in [3.05, 3.63) is 48.0 Å². The van der Waals surface area contributed by atoms with Crippen molar-refractivity contribution < 1.29 is 19.0 Å². The molecule has 0 fully saturated rings. The number of amides is 1. The van der Waals surface area contributed by atoms with Crippen LogP contribution in [0.3, 0.4) is 0 Å². The van der Waals surface area contributed by atoms with Gasteiger partial charge in [0.05, 0.1) is 7.11 Å². The van der Waals surface area contributed by atoms with E-state index < -0.39 is 0 Å². The first kappa shape index (κ1) is 17.9. The molecule has 26 heavy (non-hydrogen) atoms. The molecule has 6 nitrogen and oxygen atoms in total. The van der Waals surface area contributed by atoms with Crippen LogP contribution in [0.2, 0.25) is 0 Å². The molecule has 1 aliphatic rings. The molecule has 0 saturated heterocycles. The fourth-order valence-electron chi connectivity index (χ4n) is 2.81. The maximum atomic E-state index is 12.0. The van der Waals surface area contributed by atoms with Gasteiger partial charge in [0, 0.05) is 31.3 Å². The van der Waals surface area contributed by atoms with Crippen LogP contribution in [-0.2, 0) is 11.2 Å². The average Bonchev–Trinajstić information content (AvgIpc) is 2.68. The minimum atomic E-state index is 0.0185. The second-order valence-electron chi connectivity index (χ2n) is 5.95. The highest BCUT2D eigenvalue weighted by Gasteiger charge is 2.11. The molecule has 0 spiro atoms. The Kier molecular flexibility index (Phi) is 6.19. The highest BCUT2D eigenvalue weighted by Crippen LogP contribution is 2.32. The molecule has 0 bridgehead atoms. The van der Waals surface area contributed by atoms with Crippen LogP contribution in [0.25, 0.3) is 0 Å². The van der Waals surface area contributed by atoms with E-state index in [1.165, 1.54) is 0 Å². The van der Waals surface area contributed by atoms with Crippen LogP contribution in [0, 0.1) is 0 Å². The van der Waals surface area contributed by atoms with Crippen molar-refractivity contribution in [2.75, 3.05) is 38.7 Å². The van der Waals surface area contributed by atoms with Crippen molar-refractivity contribution in [1.82, 2.24) is 5.32 Å². The predicted octanol–water partition coefficient (Wildman–Crippen LogP) is 2.63. The molecule has 138 valence electrons. The highest BCUT2D eigenvalue weighted by molar-refractivity contribution is 5.76. The fraction of sp³-hybridized carbons (Fsp3) is 0.350. The van der Waals surface area contributed by atoms with Crippen molar-refractivity contribution in [2.45, 2.75) is 12.8 Å². The molecule has 0 atom stereocenters. The molecule has 0 unspecified atom stereocenters. The Bertz CT molecular complexity index is 748. The van der Waals surface area contributed by atoms with E-state index in [0.29, 0.717) is 32.7 Å². The summed E-state index contributed by atoms with van der Waals surface area (Å²) in [7, 11) is 1.65. The zero-order chi connectivity index (χ0) is 18.2. The van der Waals surface area contributed by atoms with Crippen molar-refractivity contribution in [3.63, 3.8) is 0 Å². The quantitative estimate of drug-likeness (QED) is 0.761. The third-order valence-corrected chi connectivity index (χ3v) is 4.13. The Labute approximate surface area is 153 Å². The molecule has 3 rings (SSSR count). The van der Waals surface area contributed by atoms with Gasteiger partial charge in [-0.15, -0.1) is 0 Å². The topological polar surface area (TPSA) is 68.8 Å². The maximum absolute atomic E-state index is 12.0. The van der Waals surface area contributed by atoms with E-state index >= 15 is 0 Å². The number of fused-ring (bicyclic) bond motifs is 1. The first-order valence-electron chi connectivity index (χ1n) is 8.78. The SMILES string of the molecule is COc1ccccc1CCNC(=O)CCNc1ccc2c(c1)OCCO2. The summed E-state index contributed by atoms with van der Waals surface area (Å²) in [6.07, 6.45) is 1.14. The third-order valence-electron chi connectivity index (χ3n) is 4.13. The number of hydrogen-bond acceptors (Lipinski definition) is 5. The van der Waals surface area contributed by atoms with Gasteiger partial charge in [-0.05, 0) is 30.2 Å². The van der Waals surface area contributed by atoms with E-state index in [4.69, 9.17) is 14.2 Å². The summed E-state index contributed by atoms with van der Waals surface area (Å²) in [5.41, 5.74) is 2.00. The first-order valence-corrected chi connectivity index (χ1v) is 8.78. The molecule has 1 aliphatic heterocycles. The van der Waals surface area contributed by atoms with E-state index in [9.17, 15) is 4.79 Å². The number of carbonyl (C=O) groups excluding carboxylic acids is 1. The molecule has 0 aliphatic carbocycles. The van der Waals surface area contributed by atoms with Gasteiger partial charge in [0.15, 0.2) is 11.5 Å². The molecular weight excluding hydrogens is 332 g/mol. The Morgan fingerprint density at radius 2 is 1.88 bits per heavy atom. The summed E-state index contributed by atoms with van der Waals surface area (Å²) in [6, 6.07) is 13.5. The summed E-state index contributed by atoms with van der Waals surface area (Å²) < 4.78 is 16.4. The van der Waals surface area contributed by atoms with Crippen molar-refractivity contribution in [2.24, 2.45) is 0 Å². The lowest BCUT2D eigenvalue weighted by Gasteiger charge is -2.19. The number of ether oxygens (including phenoxy) is 3. The second kappa shape index (κ2) is 8.99. The smallest absolute Gasteiger partial charge is 0.221 e. The maximum Gasteiger partial charge on any atom is 0.221 e. The minimum Gasteiger partial charge on any atom is -0.496 e. The lowest BCUT2D eigenvalue weighted by molar-refractivity contribution is -0.120. The van der Waals surface area contributed by atoms with Crippen LogP contribution in [0.15, 0.2) is 42.5 Å². The lowest BCUT2D eigenvalue weighted by atomic mass is 10.1. The number of nitrogens with one attached hydrogen (secondary N) is 2. The standard InChI is InChI=1S/C20H24N2O4/c1-24-17-5-3-2-4-15(17)8-10-22-20(23)9-11-21-16-6-7-18-19(14-16)26-13-12-25-18/h2-7,14,21H,8-13H2,1H3,(H,22,23). The first-order chi connectivity index (χ1) is 12.8. The molecule has 0 saturated carbocycles. The van der Waals surface area contributed by atoms with Crippen LogP contribution in [0.1, 0.15) is 12.0 Å². The summed E-state index contributed by atoms with van der Waals surface area (Å²) >= 11 is 0. The van der Waals surface area contributed by atoms with Gasteiger partial charge in [-0.2, -0.15) is 0 Å². The Morgan fingerprint density at radius 3 is 2.73 bits per heavy atom. The molecule has 2 N–H and O–H groups in total. The molecule has 1 heterocycles. The molecule has 1 amide bonds. The van der Waals surface area contributed by atoms with Gasteiger partial charge in [-0.3, -0.25) is 4.79 Å². The van der Waals surface area contributed by atoms with E-state index in [2.05, 4.69) is 10.6 Å². The minimum absolute atomic E-state index is 0.0185. The van der Waals surface area contributed by atoms with Crippen molar-refractivity contribution >= 4 is 11.6 Å². The number of hydrogen-bond donors (Lipinski definition) is 2. The van der Waals surface area contributed by atoms with Gasteiger partial charge in [-0.25, -0.2) is 0 Å². The van der Waals surface area contributed by atoms with E-state index in [1.807, 2.05) is 42.5 Å². The fourth-order valence-corrected chi connectivity index (χ4v) is 2.81. The summed E-state index contributed by atoms with van der Waals surface area (Å²) in [5, 5.41) is 6.18. The Hall–Kier alpha value is -2.89. The molecule has 0 radical (unpaired) electrons. The van der Waals surface area contributed by atoms with Gasteiger partial charge in [0.2, 0.25) is 5.91 Å². The normalized spacial score (nSPS) is 12.3.